The summed E-state index contributed by atoms with van der Waals surface area (Å²) < 4.78 is 0. The largest absolute Gasteiger partial charge is 0.310 e. The molecule has 0 aliphatic heterocycles. The highest BCUT2D eigenvalue weighted by Gasteiger charge is 2.08. The lowest BCUT2D eigenvalue weighted by Gasteiger charge is -2.02. The van der Waals surface area contributed by atoms with Crippen LogP contribution in [0.4, 0.5) is 0 Å². The zero-order chi connectivity index (χ0) is 8.43. The first-order chi connectivity index (χ1) is 5.18. The van der Waals surface area contributed by atoms with Crippen LogP contribution in [0, 0.1) is 13.8 Å². The maximum Gasteiger partial charge on any atom is 0.209 e. The van der Waals surface area contributed by atoms with Gasteiger partial charge in [-0.15, -0.1) is 0 Å². The summed E-state index contributed by atoms with van der Waals surface area (Å²) in [5.41, 5.74) is 4.68. The van der Waals surface area contributed by atoms with E-state index in [1.165, 1.54) is 0 Å². The van der Waals surface area contributed by atoms with E-state index in [0.717, 1.165) is 17.7 Å². The molecule has 0 bridgehead atoms. The number of rotatable bonds is 2. The van der Waals surface area contributed by atoms with E-state index in [4.69, 9.17) is 0 Å². The quantitative estimate of drug-likeness (QED) is 0.604. The molecule has 0 radical (unpaired) electrons. The van der Waals surface area contributed by atoms with Crippen LogP contribution in [0.2, 0.25) is 0 Å². The van der Waals surface area contributed by atoms with Gasteiger partial charge in [0, 0.05) is 12.1 Å². The minimum absolute atomic E-state index is 0.0726. The predicted molar refractivity (Wildman–Crippen MR) is 43.8 cm³/mol. The van der Waals surface area contributed by atoms with Crippen LogP contribution in [0.15, 0.2) is 9.90 Å². The molecule has 1 aromatic carbocycles. The third kappa shape index (κ3) is 1.18. The topological polar surface area (TPSA) is 41.5 Å². The van der Waals surface area contributed by atoms with E-state index in [9.17, 15) is 4.79 Å². The monoisotopic (exact) mass is 152 g/mol. The van der Waals surface area contributed by atoms with Gasteiger partial charge < -0.3 is 5.43 Å². The van der Waals surface area contributed by atoms with E-state index in [1.807, 2.05) is 20.8 Å². The van der Waals surface area contributed by atoms with Crippen molar-refractivity contribution < 1.29 is 0 Å². The Morgan fingerprint density at radius 3 is 2.45 bits per heavy atom. The van der Waals surface area contributed by atoms with E-state index in [0.29, 0.717) is 5.36 Å². The molecule has 0 aliphatic carbocycles. The van der Waals surface area contributed by atoms with Gasteiger partial charge in [0.25, 0.3) is 0 Å². The van der Waals surface area contributed by atoms with Gasteiger partial charge >= 0.3 is 0 Å². The fourth-order valence-electron chi connectivity index (χ4n) is 0.926. The van der Waals surface area contributed by atoms with Gasteiger partial charge in [-0.2, -0.15) is 5.10 Å². The van der Waals surface area contributed by atoms with Crippen molar-refractivity contribution in [1.29, 1.82) is 0 Å². The first kappa shape index (κ1) is 7.98. The van der Waals surface area contributed by atoms with Crippen molar-refractivity contribution in [2.75, 3.05) is 6.54 Å². The fraction of sp³-hybridized carbons (Fsp3) is 0.500. The molecule has 0 amide bonds. The Morgan fingerprint density at radius 2 is 2.00 bits per heavy atom. The van der Waals surface area contributed by atoms with Crippen LogP contribution < -0.4 is 16.2 Å². The fourth-order valence-corrected chi connectivity index (χ4v) is 0.926. The molecule has 0 aliphatic rings. The Morgan fingerprint density at radius 1 is 1.36 bits per heavy atom. The van der Waals surface area contributed by atoms with Gasteiger partial charge in [0.2, 0.25) is 5.43 Å². The smallest absolute Gasteiger partial charge is 0.209 e. The van der Waals surface area contributed by atoms with E-state index >= 15 is 0 Å². The minimum atomic E-state index is 0.0726. The number of nitrogens with zero attached hydrogens (tertiary/aromatic N) is 1. The molecule has 0 fully saturated rings. The lowest BCUT2D eigenvalue weighted by molar-refractivity contribution is 0.745. The van der Waals surface area contributed by atoms with Crippen molar-refractivity contribution in [3.05, 3.63) is 26.7 Å². The third-order valence-corrected chi connectivity index (χ3v) is 1.82. The molecule has 0 atom stereocenters. The number of hydrogen-bond acceptors (Lipinski definition) is 3. The Labute approximate surface area is 65.4 Å². The van der Waals surface area contributed by atoms with Crippen molar-refractivity contribution in [2.45, 2.75) is 20.8 Å². The first-order valence-corrected chi connectivity index (χ1v) is 3.71. The molecular weight excluding hydrogens is 140 g/mol. The molecule has 0 saturated carbocycles. The molecule has 60 valence electrons. The van der Waals surface area contributed by atoms with E-state index in [1.54, 1.807) is 0 Å². The van der Waals surface area contributed by atoms with E-state index in [2.05, 4.69) is 10.5 Å². The lowest BCUT2D eigenvalue weighted by atomic mass is 10.0. The van der Waals surface area contributed by atoms with E-state index in [-0.39, 0.29) is 5.43 Å². The van der Waals surface area contributed by atoms with Crippen LogP contribution in [0.25, 0.3) is 0 Å². The summed E-state index contributed by atoms with van der Waals surface area (Å²) in [6.45, 7) is 6.43. The van der Waals surface area contributed by atoms with Gasteiger partial charge in [0.05, 0.1) is 0 Å². The van der Waals surface area contributed by atoms with Crippen molar-refractivity contribution in [3.63, 3.8) is 0 Å². The molecule has 0 saturated heterocycles. The standard InChI is InChI=1S/C8H12N2O/c1-4-9-10-7-5(2)6(3)8(7)11/h9H,4H2,1-3H3/b10-7+. The predicted octanol–water partition coefficient (Wildman–Crippen LogP) is -0.0356. The zero-order valence-electron chi connectivity index (χ0n) is 7.06. The molecule has 1 aromatic rings. The molecule has 1 N–H and O–H groups in total. The van der Waals surface area contributed by atoms with Crippen molar-refractivity contribution in [1.82, 2.24) is 5.43 Å². The van der Waals surface area contributed by atoms with Crippen LogP contribution in [0.1, 0.15) is 18.1 Å². The molecule has 11 heavy (non-hydrogen) atoms. The lowest BCUT2D eigenvalue weighted by Crippen LogP contribution is -2.39. The summed E-state index contributed by atoms with van der Waals surface area (Å²) in [6.07, 6.45) is 0. The summed E-state index contributed by atoms with van der Waals surface area (Å²) in [5, 5.41) is 4.51. The second kappa shape index (κ2) is 2.86. The second-order valence-electron chi connectivity index (χ2n) is 2.55. The van der Waals surface area contributed by atoms with Crippen molar-refractivity contribution >= 4 is 0 Å². The van der Waals surface area contributed by atoms with Gasteiger partial charge in [0.1, 0.15) is 5.36 Å². The first-order valence-electron chi connectivity index (χ1n) is 3.71. The zero-order valence-corrected chi connectivity index (χ0v) is 7.06. The number of nitrogens with one attached hydrogen (secondary N) is 1. The van der Waals surface area contributed by atoms with Crippen LogP contribution in [0.5, 0.6) is 0 Å². The Balaban J connectivity index is 2.99. The van der Waals surface area contributed by atoms with Crippen LogP contribution in [-0.4, -0.2) is 6.54 Å². The summed E-state index contributed by atoms with van der Waals surface area (Å²) in [7, 11) is 0. The second-order valence-corrected chi connectivity index (χ2v) is 2.55. The van der Waals surface area contributed by atoms with Crippen molar-refractivity contribution in [2.24, 2.45) is 5.10 Å². The average molecular weight is 152 g/mol. The van der Waals surface area contributed by atoms with Crippen molar-refractivity contribution in [3.8, 4) is 0 Å². The van der Waals surface area contributed by atoms with Gasteiger partial charge in [-0.1, -0.05) is 0 Å². The van der Waals surface area contributed by atoms with E-state index < -0.39 is 0 Å². The van der Waals surface area contributed by atoms with Gasteiger partial charge in [-0.05, 0) is 26.3 Å². The molecule has 0 heterocycles. The Kier molecular flexibility index (Phi) is 2.08. The molecular formula is C8H12N2O. The van der Waals surface area contributed by atoms with Crippen LogP contribution in [0.3, 0.4) is 0 Å². The molecule has 0 spiro atoms. The maximum atomic E-state index is 11.0. The minimum Gasteiger partial charge on any atom is -0.310 e. The summed E-state index contributed by atoms with van der Waals surface area (Å²) in [4.78, 5) is 11.0. The van der Waals surface area contributed by atoms with Gasteiger partial charge in [-0.3, -0.25) is 4.79 Å². The SMILES string of the molecule is CCN/N=c1\c(C)c(C)c1=O. The highest BCUT2D eigenvalue weighted by molar-refractivity contribution is 5.28. The Bertz CT molecular complexity index is 332. The summed E-state index contributed by atoms with van der Waals surface area (Å²) in [6, 6.07) is 0. The van der Waals surface area contributed by atoms with Crippen LogP contribution in [-0.2, 0) is 0 Å². The highest BCUT2D eigenvalue weighted by atomic mass is 16.1. The summed E-state index contributed by atoms with van der Waals surface area (Å²) in [5.74, 6) is 0. The normalized spacial score (nSPS) is 12.5. The molecule has 3 heteroatoms. The highest BCUT2D eigenvalue weighted by Crippen LogP contribution is 1.92. The maximum absolute atomic E-state index is 11.0. The number of hydrogen-bond donors (Lipinski definition) is 1. The third-order valence-electron chi connectivity index (χ3n) is 1.82. The van der Waals surface area contributed by atoms with Crippen LogP contribution >= 0.6 is 0 Å². The average Bonchev–Trinajstić information content (AvgIpc) is 2.04. The van der Waals surface area contributed by atoms with Gasteiger partial charge in [0.15, 0.2) is 0 Å². The Hall–Kier alpha value is -1.12. The van der Waals surface area contributed by atoms with Gasteiger partial charge in [-0.25, -0.2) is 0 Å². The molecule has 0 unspecified atom stereocenters. The molecule has 1 rings (SSSR count). The molecule has 3 nitrogen and oxygen atoms in total. The summed E-state index contributed by atoms with van der Waals surface area (Å²) >= 11 is 0. The molecule has 0 aromatic heterocycles.